The number of methoxy groups -OCH3 is 1. The van der Waals surface area contributed by atoms with Gasteiger partial charge in [-0.05, 0) is 29.2 Å². The summed E-state index contributed by atoms with van der Waals surface area (Å²) < 4.78 is 9.09. The van der Waals surface area contributed by atoms with Crippen LogP contribution in [0, 0.1) is 11.3 Å². The molecule has 1 aromatic carbocycles. The monoisotopic (exact) mass is 260 g/mol. The lowest BCUT2D eigenvalue weighted by molar-refractivity contribution is 0.414. The SMILES string of the molecule is COc1cccc(CNc2snc(N)c2C#N)c1. The third-order valence-electron chi connectivity index (χ3n) is 2.42. The van der Waals surface area contributed by atoms with Crippen LogP contribution in [0.25, 0.3) is 0 Å². The zero-order valence-corrected chi connectivity index (χ0v) is 10.6. The van der Waals surface area contributed by atoms with Crippen molar-refractivity contribution in [3.05, 3.63) is 35.4 Å². The van der Waals surface area contributed by atoms with Crippen LogP contribution in [0.4, 0.5) is 10.8 Å². The summed E-state index contributed by atoms with van der Waals surface area (Å²) in [5.41, 5.74) is 7.05. The van der Waals surface area contributed by atoms with Gasteiger partial charge in [0.05, 0.1) is 7.11 Å². The number of nitrogens with two attached hydrogens (primary N) is 1. The first-order valence-electron chi connectivity index (χ1n) is 5.26. The number of nitrogens with one attached hydrogen (secondary N) is 1. The standard InChI is InChI=1S/C12H12N4OS/c1-17-9-4-2-3-8(5-9)7-15-12-10(6-13)11(14)16-18-12/h2-5,15H,7H2,1H3,(H2,14,16). The minimum Gasteiger partial charge on any atom is -0.497 e. The fourth-order valence-electron chi connectivity index (χ4n) is 1.50. The molecule has 0 aliphatic rings. The van der Waals surface area contributed by atoms with Crippen LogP contribution in [-0.2, 0) is 6.54 Å². The number of hydrogen-bond donors (Lipinski definition) is 2. The Balaban J connectivity index is 2.09. The highest BCUT2D eigenvalue weighted by Crippen LogP contribution is 2.26. The molecule has 2 rings (SSSR count). The van der Waals surface area contributed by atoms with E-state index in [1.54, 1.807) is 7.11 Å². The van der Waals surface area contributed by atoms with Gasteiger partial charge in [-0.2, -0.15) is 9.64 Å². The summed E-state index contributed by atoms with van der Waals surface area (Å²) in [4.78, 5) is 0. The molecule has 0 saturated heterocycles. The van der Waals surface area contributed by atoms with Gasteiger partial charge in [-0.15, -0.1) is 0 Å². The number of nitrogens with zero attached hydrogens (tertiary/aromatic N) is 2. The van der Waals surface area contributed by atoms with Crippen molar-refractivity contribution >= 4 is 22.4 Å². The Hall–Kier alpha value is -2.26. The molecular formula is C12H12N4OS. The predicted octanol–water partition coefficient (Wildman–Crippen LogP) is 2.22. The molecule has 3 N–H and O–H groups in total. The van der Waals surface area contributed by atoms with E-state index in [-0.39, 0.29) is 5.82 Å². The number of aromatic nitrogens is 1. The second-order valence-electron chi connectivity index (χ2n) is 3.59. The lowest BCUT2D eigenvalue weighted by Crippen LogP contribution is -2.00. The lowest BCUT2D eigenvalue weighted by atomic mass is 10.2. The Kier molecular flexibility index (Phi) is 3.65. The van der Waals surface area contributed by atoms with Crippen molar-refractivity contribution in [3.8, 4) is 11.8 Å². The molecule has 5 nitrogen and oxygen atoms in total. The molecule has 92 valence electrons. The molecular weight excluding hydrogens is 248 g/mol. The van der Waals surface area contributed by atoms with Gasteiger partial charge in [-0.25, -0.2) is 0 Å². The molecule has 0 saturated carbocycles. The van der Waals surface area contributed by atoms with Gasteiger partial charge in [-0.1, -0.05) is 12.1 Å². The molecule has 0 aliphatic carbocycles. The topological polar surface area (TPSA) is 84.0 Å². The maximum atomic E-state index is 8.94. The molecule has 0 unspecified atom stereocenters. The maximum Gasteiger partial charge on any atom is 0.157 e. The largest absolute Gasteiger partial charge is 0.497 e. The van der Waals surface area contributed by atoms with E-state index in [2.05, 4.69) is 9.69 Å². The van der Waals surface area contributed by atoms with Gasteiger partial charge in [-0.3, -0.25) is 0 Å². The van der Waals surface area contributed by atoms with Gasteiger partial charge < -0.3 is 15.8 Å². The van der Waals surface area contributed by atoms with Crippen LogP contribution >= 0.6 is 11.5 Å². The smallest absolute Gasteiger partial charge is 0.157 e. The highest BCUT2D eigenvalue weighted by atomic mass is 32.1. The summed E-state index contributed by atoms with van der Waals surface area (Å²) in [6.07, 6.45) is 0. The van der Waals surface area contributed by atoms with Gasteiger partial charge >= 0.3 is 0 Å². The molecule has 0 fully saturated rings. The van der Waals surface area contributed by atoms with Crippen LogP contribution in [0.5, 0.6) is 5.75 Å². The molecule has 0 spiro atoms. The van der Waals surface area contributed by atoms with Crippen LogP contribution in [0.15, 0.2) is 24.3 Å². The van der Waals surface area contributed by atoms with E-state index in [0.29, 0.717) is 17.1 Å². The first-order chi connectivity index (χ1) is 8.74. The van der Waals surface area contributed by atoms with Crippen molar-refractivity contribution in [2.45, 2.75) is 6.54 Å². The molecule has 0 radical (unpaired) electrons. The van der Waals surface area contributed by atoms with Crippen molar-refractivity contribution in [1.29, 1.82) is 5.26 Å². The minimum absolute atomic E-state index is 0.274. The van der Waals surface area contributed by atoms with Crippen LogP contribution in [0.1, 0.15) is 11.1 Å². The van der Waals surface area contributed by atoms with Crippen LogP contribution in [0.3, 0.4) is 0 Å². The average Bonchev–Trinajstić information content (AvgIpc) is 2.77. The van der Waals surface area contributed by atoms with Gasteiger partial charge in [0.15, 0.2) is 5.82 Å². The first-order valence-corrected chi connectivity index (χ1v) is 6.04. The van der Waals surface area contributed by atoms with E-state index in [1.165, 1.54) is 11.5 Å². The van der Waals surface area contributed by atoms with Crippen molar-refractivity contribution in [2.75, 3.05) is 18.2 Å². The van der Waals surface area contributed by atoms with Crippen LogP contribution < -0.4 is 15.8 Å². The third kappa shape index (κ3) is 2.52. The molecule has 6 heteroatoms. The number of nitriles is 1. The number of anilines is 2. The molecule has 1 aromatic heterocycles. The molecule has 1 heterocycles. The highest BCUT2D eigenvalue weighted by molar-refractivity contribution is 7.10. The zero-order valence-electron chi connectivity index (χ0n) is 9.80. The average molecular weight is 260 g/mol. The Morgan fingerprint density at radius 3 is 3.11 bits per heavy atom. The van der Waals surface area contributed by atoms with Crippen molar-refractivity contribution in [3.63, 3.8) is 0 Å². The Morgan fingerprint density at radius 1 is 1.56 bits per heavy atom. The second-order valence-corrected chi connectivity index (χ2v) is 4.36. The Morgan fingerprint density at radius 2 is 2.39 bits per heavy atom. The van der Waals surface area contributed by atoms with Gasteiger partial charge in [0.2, 0.25) is 0 Å². The lowest BCUT2D eigenvalue weighted by Gasteiger charge is -2.06. The highest BCUT2D eigenvalue weighted by Gasteiger charge is 2.10. The minimum atomic E-state index is 0.274. The number of nitrogen functional groups attached to an aromatic ring is 1. The zero-order chi connectivity index (χ0) is 13.0. The summed E-state index contributed by atoms with van der Waals surface area (Å²) >= 11 is 1.19. The maximum absolute atomic E-state index is 8.94. The van der Waals surface area contributed by atoms with E-state index >= 15 is 0 Å². The summed E-state index contributed by atoms with van der Waals surface area (Å²) in [5, 5.41) is 12.8. The fourth-order valence-corrected chi connectivity index (χ4v) is 2.16. The van der Waals surface area contributed by atoms with Crippen molar-refractivity contribution in [1.82, 2.24) is 4.37 Å². The second kappa shape index (κ2) is 5.38. The third-order valence-corrected chi connectivity index (χ3v) is 3.24. The quantitative estimate of drug-likeness (QED) is 0.880. The molecule has 0 amide bonds. The van der Waals surface area contributed by atoms with E-state index < -0.39 is 0 Å². The van der Waals surface area contributed by atoms with Gasteiger partial charge in [0, 0.05) is 6.54 Å². The molecule has 2 aromatic rings. The number of benzene rings is 1. The van der Waals surface area contributed by atoms with Gasteiger partial charge in [0.1, 0.15) is 22.4 Å². The number of ether oxygens (including phenoxy) is 1. The first kappa shape index (κ1) is 12.2. The van der Waals surface area contributed by atoms with E-state index in [0.717, 1.165) is 11.3 Å². The van der Waals surface area contributed by atoms with Crippen LogP contribution in [-0.4, -0.2) is 11.5 Å². The Bertz CT molecular complexity index is 588. The van der Waals surface area contributed by atoms with E-state index in [1.807, 2.05) is 30.3 Å². The number of rotatable bonds is 4. The van der Waals surface area contributed by atoms with E-state index in [9.17, 15) is 0 Å². The molecule has 0 atom stereocenters. The molecule has 0 aliphatic heterocycles. The summed E-state index contributed by atoms with van der Waals surface area (Å²) in [6.45, 7) is 0.591. The van der Waals surface area contributed by atoms with Crippen LogP contribution in [0.2, 0.25) is 0 Å². The summed E-state index contributed by atoms with van der Waals surface area (Å²) in [5.74, 6) is 1.08. The summed E-state index contributed by atoms with van der Waals surface area (Å²) in [6, 6.07) is 9.75. The van der Waals surface area contributed by atoms with Crippen molar-refractivity contribution < 1.29 is 4.74 Å². The number of hydrogen-bond acceptors (Lipinski definition) is 6. The predicted molar refractivity (Wildman–Crippen MR) is 71.6 cm³/mol. The van der Waals surface area contributed by atoms with Gasteiger partial charge in [0.25, 0.3) is 0 Å². The Labute approximate surface area is 109 Å². The molecule has 0 bridgehead atoms. The van der Waals surface area contributed by atoms with E-state index in [4.69, 9.17) is 15.7 Å². The molecule has 18 heavy (non-hydrogen) atoms. The fraction of sp³-hybridized carbons (Fsp3) is 0.167. The van der Waals surface area contributed by atoms with Crippen molar-refractivity contribution in [2.24, 2.45) is 0 Å². The normalized spacial score (nSPS) is 9.78. The summed E-state index contributed by atoms with van der Waals surface area (Å²) in [7, 11) is 1.63.